The predicted molar refractivity (Wildman–Crippen MR) is 116 cm³/mol. The van der Waals surface area contributed by atoms with Crippen LogP contribution in [0.5, 0.6) is 0 Å². The van der Waals surface area contributed by atoms with Gasteiger partial charge in [0, 0.05) is 30.1 Å². The van der Waals surface area contributed by atoms with Gasteiger partial charge in [0.1, 0.15) is 0 Å². The Morgan fingerprint density at radius 2 is 1.76 bits per heavy atom. The van der Waals surface area contributed by atoms with E-state index in [0.717, 1.165) is 37.1 Å². The zero-order valence-corrected chi connectivity index (χ0v) is 17.5. The topological polar surface area (TPSA) is 61.4 Å². The van der Waals surface area contributed by atoms with Gasteiger partial charge in [0.15, 0.2) is 0 Å². The van der Waals surface area contributed by atoms with E-state index in [1.54, 1.807) is 11.3 Å². The van der Waals surface area contributed by atoms with Gasteiger partial charge in [-0.2, -0.15) is 0 Å². The maximum Gasteiger partial charge on any atom is 0.315 e. The second-order valence-electron chi connectivity index (χ2n) is 8.06. The van der Waals surface area contributed by atoms with Crippen molar-refractivity contribution in [2.45, 2.75) is 51.1 Å². The first-order valence-corrected chi connectivity index (χ1v) is 11.5. The highest BCUT2D eigenvalue weighted by molar-refractivity contribution is 7.10. The minimum absolute atomic E-state index is 0.0953. The van der Waals surface area contributed by atoms with Crippen LogP contribution in [0, 0.1) is 5.92 Å². The molecule has 6 heteroatoms. The van der Waals surface area contributed by atoms with Crippen LogP contribution in [0.4, 0.5) is 4.79 Å². The number of benzene rings is 1. The Labute approximate surface area is 176 Å². The molecule has 2 aromatic rings. The van der Waals surface area contributed by atoms with Crippen LogP contribution in [0.3, 0.4) is 0 Å². The number of nitrogens with zero attached hydrogens (tertiary/aromatic N) is 1. The molecule has 2 fully saturated rings. The normalized spacial score (nSPS) is 18.0. The Hall–Kier alpha value is -2.34. The molecule has 1 atom stereocenters. The van der Waals surface area contributed by atoms with E-state index < -0.39 is 0 Å². The van der Waals surface area contributed by atoms with Crippen molar-refractivity contribution in [1.29, 1.82) is 0 Å². The number of rotatable bonds is 6. The molecular formula is C23H29N3O2S. The molecule has 3 amide bonds. The summed E-state index contributed by atoms with van der Waals surface area (Å²) in [4.78, 5) is 28.1. The first kappa shape index (κ1) is 20.0. The van der Waals surface area contributed by atoms with Crippen molar-refractivity contribution in [3.05, 3.63) is 57.8 Å². The number of hydrogen-bond donors (Lipinski definition) is 2. The highest BCUT2D eigenvalue weighted by Crippen LogP contribution is 2.37. The molecule has 1 aliphatic carbocycles. The summed E-state index contributed by atoms with van der Waals surface area (Å²) in [5.41, 5.74) is 1.71. The minimum atomic E-state index is -0.132. The summed E-state index contributed by atoms with van der Waals surface area (Å²) in [6, 6.07) is 11.7. The van der Waals surface area contributed by atoms with Crippen LogP contribution < -0.4 is 10.6 Å². The molecule has 2 N–H and O–H groups in total. The van der Waals surface area contributed by atoms with Crippen LogP contribution >= 0.6 is 11.3 Å². The Morgan fingerprint density at radius 1 is 1.03 bits per heavy atom. The number of carbonyl (C=O) groups excluding carboxylic acids is 2. The van der Waals surface area contributed by atoms with Gasteiger partial charge < -0.3 is 15.5 Å². The number of carbonyl (C=O) groups is 2. The Balaban J connectivity index is 1.31. The first-order chi connectivity index (χ1) is 14.2. The second-order valence-corrected chi connectivity index (χ2v) is 9.04. The second kappa shape index (κ2) is 9.44. The summed E-state index contributed by atoms with van der Waals surface area (Å²) in [5.74, 6) is 0.630. The Kier molecular flexibility index (Phi) is 6.49. The van der Waals surface area contributed by atoms with Crippen LogP contribution in [0.2, 0.25) is 0 Å². The van der Waals surface area contributed by atoms with Gasteiger partial charge in [0.2, 0.25) is 0 Å². The number of thiophene rings is 1. The molecule has 0 unspecified atom stereocenters. The lowest BCUT2D eigenvalue weighted by Gasteiger charge is -2.24. The highest BCUT2D eigenvalue weighted by Gasteiger charge is 2.28. The van der Waals surface area contributed by atoms with Crippen molar-refractivity contribution in [3.63, 3.8) is 0 Å². The number of hydrogen-bond acceptors (Lipinski definition) is 3. The van der Waals surface area contributed by atoms with E-state index in [9.17, 15) is 9.59 Å². The standard InChI is InChI=1S/C23H29N3O2S/c27-22(26-13-3-4-14-26)19-11-9-17(10-12-19)16-24-23(28)25-21(18-6-1-2-7-18)20-8-5-15-29-20/h5,8-12,15,18,21H,1-4,6-7,13-14,16H2,(H2,24,25,28)/t21-/m0/s1. The molecule has 2 aliphatic rings. The summed E-state index contributed by atoms with van der Waals surface area (Å²) in [6.45, 7) is 2.16. The zero-order chi connectivity index (χ0) is 20.1. The molecule has 29 heavy (non-hydrogen) atoms. The largest absolute Gasteiger partial charge is 0.339 e. The summed E-state index contributed by atoms with van der Waals surface area (Å²) < 4.78 is 0. The number of nitrogens with one attached hydrogen (secondary N) is 2. The van der Waals surface area contributed by atoms with Crippen LogP contribution in [0.15, 0.2) is 41.8 Å². The lowest BCUT2D eigenvalue weighted by molar-refractivity contribution is 0.0793. The van der Waals surface area contributed by atoms with Crippen molar-refractivity contribution in [3.8, 4) is 0 Å². The zero-order valence-electron chi connectivity index (χ0n) is 16.7. The van der Waals surface area contributed by atoms with E-state index in [1.807, 2.05) is 35.2 Å². The maximum atomic E-state index is 12.5. The maximum absolute atomic E-state index is 12.5. The van der Waals surface area contributed by atoms with Gasteiger partial charge in [0.05, 0.1) is 6.04 Å². The Morgan fingerprint density at radius 3 is 2.41 bits per heavy atom. The molecule has 1 aromatic carbocycles. The number of amides is 3. The fraction of sp³-hybridized carbons (Fsp3) is 0.478. The molecule has 0 bridgehead atoms. The molecule has 1 aliphatic heterocycles. The monoisotopic (exact) mass is 411 g/mol. The van der Waals surface area contributed by atoms with Gasteiger partial charge in [0.25, 0.3) is 5.91 Å². The van der Waals surface area contributed by atoms with Gasteiger partial charge in [-0.15, -0.1) is 11.3 Å². The van der Waals surface area contributed by atoms with Crippen molar-refractivity contribution in [1.82, 2.24) is 15.5 Å². The lowest BCUT2D eigenvalue weighted by Crippen LogP contribution is -2.39. The molecular weight excluding hydrogens is 382 g/mol. The molecule has 0 radical (unpaired) electrons. The highest BCUT2D eigenvalue weighted by atomic mass is 32.1. The summed E-state index contributed by atoms with van der Waals surface area (Å²) in [6.07, 6.45) is 7.04. The summed E-state index contributed by atoms with van der Waals surface area (Å²) >= 11 is 1.71. The molecule has 1 saturated carbocycles. The van der Waals surface area contributed by atoms with Gasteiger partial charge >= 0.3 is 6.03 Å². The summed E-state index contributed by atoms with van der Waals surface area (Å²) in [7, 11) is 0. The molecule has 1 saturated heterocycles. The van der Waals surface area contributed by atoms with E-state index in [1.165, 1.54) is 30.6 Å². The Bertz CT molecular complexity index is 807. The third-order valence-corrected chi connectivity index (χ3v) is 7.01. The smallest absolute Gasteiger partial charge is 0.315 e. The van der Waals surface area contributed by atoms with Gasteiger partial charge in [-0.25, -0.2) is 4.79 Å². The number of likely N-dealkylation sites (tertiary alicyclic amines) is 1. The fourth-order valence-corrected chi connectivity index (χ4v) is 5.29. The third kappa shape index (κ3) is 4.99. The van der Waals surface area contributed by atoms with E-state index >= 15 is 0 Å². The SMILES string of the molecule is O=C(NCc1ccc(C(=O)N2CCCC2)cc1)N[C@H](c1cccs1)C1CCCC1. The third-order valence-electron chi connectivity index (χ3n) is 6.05. The van der Waals surface area contributed by atoms with E-state index in [4.69, 9.17) is 0 Å². The molecule has 0 spiro atoms. The molecule has 5 nitrogen and oxygen atoms in total. The summed E-state index contributed by atoms with van der Waals surface area (Å²) in [5, 5.41) is 8.25. The van der Waals surface area contributed by atoms with E-state index in [-0.39, 0.29) is 18.0 Å². The average Bonchev–Trinajstić information content (AvgIpc) is 3.53. The average molecular weight is 412 g/mol. The molecule has 4 rings (SSSR count). The molecule has 154 valence electrons. The molecule has 2 heterocycles. The van der Waals surface area contributed by atoms with Crippen molar-refractivity contribution in [2.75, 3.05) is 13.1 Å². The van der Waals surface area contributed by atoms with Crippen LogP contribution in [-0.4, -0.2) is 29.9 Å². The van der Waals surface area contributed by atoms with Gasteiger partial charge in [-0.3, -0.25) is 4.79 Å². The van der Waals surface area contributed by atoms with Gasteiger partial charge in [-0.1, -0.05) is 31.0 Å². The quantitative estimate of drug-likeness (QED) is 0.723. The van der Waals surface area contributed by atoms with Crippen molar-refractivity contribution >= 4 is 23.3 Å². The predicted octanol–water partition coefficient (Wildman–Crippen LogP) is 4.71. The number of urea groups is 1. The van der Waals surface area contributed by atoms with Crippen LogP contribution in [0.1, 0.15) is 65.4 Å². The van der Waals surface area contributed by atoms with Crippen molar-refractivity contribution in [2.24, 2.45) is 5.92 Å². The fourth-order valence-electron chi connectivity index (χ4n) is 4.42. The molecule has 1 aromatic heterocycles. The lowest BCUT2D eigenvalue weighted by atomic mass is 9.97. The minimum Gasteiger partial charge on any atom is -0.339 e. The van der Waals surface area contributed by atoms with E-state index in [0.29, 0.717) is 12.5 Å². The first-order valence-electron chi connectivity index (χ1n) is 10.7. The van der Waals surface area contributed by atoms with E-state index in [2.05, 4.69) is 22.1 Å². The van der Waals surface area contributed by atoms with Crippen LogP contribution in [0.25, 0.3) is 0 Å². The van der Waals surface area contributed by atoms with Crippen LogP contribution in [-0.2, 0) is 6.54 Å². The van der Waals surface area contributed by atoms with Crippen molar-refractivity contribution < 1.29 is 9.59 Å². The van der Waals surface area contributed by atoms with Gasteiger partial charge in [-0.05, 0) is 60.7 Å².